The molecule has 9 rings (SSSR count). The molecule has 0 bridgehead atoms. The highest BCUT2D eigenvalue weighted by atomic mass is 16.3. The zero-order valence-corrected chi connectivity index (χ0v) is 27.1. The van der Waals surface area contributed by atoms with Crippen LogP contribution >= 0.6 is 0 Å². The van der Waals surface area contributed by atoms with E-state index < -0.39 is 0 Å². The van der Waals surface area contributed by atoms with Gasteiger partial charge in [-0.25, -0.2) is 9.97 Å². The Morgan fingerprint density at radius 2 is 0.960 bits per heavy atom. The number of nitrogens with zero attached hydrogens (tertiary/aromatic N) is 3. The first-order valence-corrected chi connectivity index (χ1v) is 16.7. The number of para-hydroxylation sites is 1. The van der Waals surface area contributed by atoms with Crippen LogP contribution in [0.2, 0.25) is 0 Å². The van der Waals surface area contributed by atoms with Crippen LogP contribution in [-0.2, 0) is 0 Å². The molecule has 7 aromatic carbocycles. The standard InChI is InChI=1S/C46H31N3O/c1-5-15-32(16-6-1)35-21-13-24-37(29-35)49(36-22-11-4-12-23-36)38-27-28-40-44(30-38)50-43-26-14-25-39(45(40)43)42-31-41(33-17-7-2-8-18-33)47-46(48-42)34-19-9-3-10-20-34/h1-31H. The fourth-order valence-corrected chi connectivity index (χ4v) is 6.70. The predicted molar refractivity (Wildman–Crippen MR) is 206 cm³/mol. The predicted octanol–water partition coefficient (Wildman–Crippen LogP) is 12.5. The highest BCUT2D eigenvalue weighted by Crippen LogP contribution is 2.42. The maximum absolute atomic E-state index is 6.63. The van der Waals surface area contributed by atoms with Gasteiger partial charge in [-0.05, 0) is 59.7 Å². The molecule has 0 spiro atoms. The van der Waals surface area contributed by atoms with Gasteiger partial charge in [-0.2, -0.15) is 0 Å². The summed E-state index contributed by atoms with van der Waals surface area (Å²) in [4.78, 5) is 12.4. The van der Waals surface area contributed by atoms with Crippen LogP contribution in [0.15, 0.2) is 192 Å². The Kier molecular flexibility index (Phi) is 7.45. The lowest BCUT2D eigenvalue weighted by Gasteiger charge is -2.26. The quantitative estimate of drug-likeness (QED) is 0.174. The lowest BCUT2D eigenvalue weighted by atomic mass is 10.0. The van der Waals surface area contributed by atoms with E-state index in [2.05, 4.69) is 132 Å². The average molecular weight is 642 g/mol. The van der Waals surface area contributed by atoms with E-state index in [-0.39, 0.29) is 0 Å². The summed E-state index contributed by atoms with van der Waals surface area (Å²) in [5.74, 6) is 0.685. The van der Waals surface area contributed by atoms with Gasteiger partial charge in [0.15, 0.2) is 5.82 Å². The Bertz CT molecular complexity index is 2520. The number of rotatable bonds is 7. The summed E-state index contributed by atoms with van der Waals surface area (Å²) in [5.41, 5.74) is 11.8. The topological polar surface area (TPSA) is 42.2 Å². The Labute approximate surface area is 290 Å². The normalized spacial score (nSPS) is 11.2. The van der Waals surface area contributed by atoms with Crippen LogP contribution < -0.4 is 4.90 Å². The third kappa shape index (κ3) is 5.49. The fourth-order valence-electron chi connectivity index (χ4n) is 6.70. The Morgan fingerprint density at radius 1 is 0.380 bits per heavy atom. The Morgan fingerprint density at radius 3 is 1.70 bits per heavy atom. The monoisotopic (exact) mass is 641 g/mol. The fraction of sp³-hybridized carbons (Fsp3) is 0. The van der Waals surface area contributed by atoms with E-state index in [0.29, 0.717) is 5.82 Å². The minimum atomic E-state index is 0.685. The van der Waals surface area contributed by atoms with Crippen molar-refractivity contribution in [2.24, 2.45) is 0 Å². The van der Waals surface area contributed by atoms with Gasteiger partial charge in [0, 0.05) is 50.6 Å². The van der Waals surface area contributed by atoms with Crippen LogP contribution in [0.3, 0.4) is 0 Å². The molecule has 0 saturated heterocycles. The molecule has 0 aliphatic rings. The van der Waals surface area contributed by atoms with Crippen molar-refractivity contribution in [1.82, 2.24) is 9.97 Å². The van der Waals surface area contributed by atoms with Crippen molar-refractivity contribution >= 4 is 39.0 Å². The lowest BCUT2D eigenvalue weighted by Crippen LogP contribution is -2.09. The van der Waals surface area contributed by atoms with Crippen molar-refractivity contribution in [2.45, 2.75) is 0 Å². The highest BCUT2D eigenvalue weighted by molar-refractivity contribution is 6.13. The summed E-state index contributed by atoms with van der Waals surface area (Å²) in [5, 5.41) is 2.06. The molecule has 0 atom stereocenters. The van der Waals surface area contributed by atoms with E-state index in [1.165, 1.54) is 5.56 Å². The number of hydrogen-bond donors (Lipinski definition) is 0. The van der Waals surface area contributed by atoms with Crippen molar-refractivity contribution in [1.29, 1.82) is 0 Å². The van der Waals surface area contributed by atoms with Crippen molar-refractivity contribution in [3.8, 4) is 45.0 Å². The summed E-state index contributed by atoms with van der Waals surface area (Å²) in [7, 11) is 0. The minimum absolute atomic E-state index is 0.685. The number of fused-ring (bicyclic) bond motifs is 3. The van der Waals surface area contributed by atoms with Gasteiger partial charge >= 0.3 is 0 Å². The molecular formula is C46H31N3O. The molecule has 0 amide bonds. The second kappa shape index (κ2) is 12.7. The highest BCUT2D eigenvalue weighted by Gasteiger charge is 2.19. The maximum Gasteiger partial charge on any atom is 0.160 e. The lowest BCUT2D eigenvalue weighted by molar-refractivity contribution is 0.669. The largest absolute Gasteiger partial charge is 0.456 e. The third-order valence-electron chi connectivity index (χ3n) is 9.07. The molecule has 4 nitrogen and oxygen atoms in total. The molecule has 2 heterocycles. The van der Waals surface area contributed by atoms with E-state index >= 15 is 0 Å². The van der Waals surface area contributed by atoms with Gasteiger partial charge in [-0.15, -0.1) is 0 Å². The van der Waals surface area contributed by atoms with Crippen LogP contribution in [0.25, 0.3) is 67.0 Å². The number of anilines is 3. The van der Waals surface area contributed by atoms with Crippen LogP contribution in [0.4, 0.5) is 17.1 Å². The third-order valence-corrected chi connectivity index (χ3v) is 9.07. The summed E-state index contributed by atoms with van der Waals surface area (Å²) >= 11 is 0. The average Bonchev–Trinajstić information content (AvgIpc) is 3.58. The molecule has 0 radical (unpaired) electrons. The zero-order valence-electron chi connectivity index (χ0n) is 27.1. The van der Waals surface area contributed by atoms with E-state index in [0.717, 1.165) is 72.6 Å². The van der Waals surface area contributed by atoms with E-state index in [1.54, 1.807) is 0 Å². The van der Waals surface area contributed by atoms with Crippen molar-refractivity contribution in [3.05, 3.63) is 188 Å². The second-order valence-corrected chi connectivity index (χ2v) is 12.2. The number of benzene rings is 7. The molecule has 0 aliphatic heterocycles. The van der Waals surface area contributed by atoms with Gasteiger partial charge in [-0.1, -0.05) is 133 Å². The Hall–Kier alpha value is -6.78. The first kappa shape index (κ1) is 29.4. The molecule has 0 unspecified atom stereocenters. The first-order valence-electron chi connectivity index (χ1n) is 16.7. The van der Waals surface area contributed by atoms with Crippen molar-refractivity contribution in [2.75, 3.05) is 4.90 Å². The van der Waals surface area contributed by atoms with Gasteiger partial charge in [0.25, 0.3) is 0 Å². The van der Waals surface area contributed by atoms with E-state index in [1.807, 2.05) is 60.7 Å². The number of aromatic nitrogens is 2. The van der Waals surface area contributed by atoms with Crippen molar-refractivity contribution < 1.29 is 4.42 Å². The van der Waals surface area contributed by atoms with Crippen LogP contribution in [-0.4, -0.2) is 9.97 Å². The van der Waals surface area contributed by atoms with Gasteiger partial charge in [0.05, 0.1) is 11.4 Å². The van der Waals surface area contributed by atoms with Crippen LogP contribution in [0, 0.1) is 0 Å². The second-order valence-electron chi connectivity index (χ2n) is 12.2. The molecule has 0 N–H and O–H groups in total. The van der Waals surface area contributed by atoms with Crippen molar-refractivity contribution in [3.63, 3.8) is 0 Å². The minimum Gasteiger partial charge on any atom is -0.456 e. The molecular weight excluding hydrogens is 611 g/mol. The summed E-state index contributed by atoms with van der Waals surface area (Å²) < 4.78 is 6.63. The van der Waals surface area contributed by atoms with Crippen LogP contribution in [0.5, 0.6) is 0 Å². The summed E-state index contributed by atoms with van der Waals surface area (Å²) in [6.45, 7) is 0. The van der Waals surface area contributed by atoms with Gasteiger partial charge in [0.1, 0.15) is 11.2 Å². The SMILES string of the molecule is c1ccc(-c2cccc(N(c3ccccc3)c3ccc4c(c3)oc3cccc(-c5cc(-c6ccccc6)nc(-c6ccccc6)n5)c34)c2)cc1. The molecule has 4 heteroatoms. The van der Waals surface area contributed by atoms with Crippen LogP contribution in [0.1, 0.15) is 0 Å². The van der Waals surface area contributed by atoms with Gasteiger partial charge in [-0.3, -0.25) is 0 Å². The summed E-state index contributed by atoms with van der Waals surface area (Å²) in [6, 6.07) is 64.9. The maximum atomic E-state index is 6.63. The van der Waals surface area contributed by atoms with Gasteiger partial charge in [0.2, 0.25) is 0 Å². The first-order chi connectivity index (χ1) is 24.8. The molecule has 0 fully saturated rings. The van der Waals surface area contributed by atoms with Gasteiger partial charge < -0.3 is 9.32 Å². The smallest absolute Gasteiger partial charge is 0.160 e. The zero-order chi connectivity index (χ0) is 33.3. The molecule has 0 saturated carbocycles. The molecule has 50 heavy (non-hydrogen) atoms. The number of hydrogen-bond acceptors (Lipinski definition) is 4. The van der Waals surface area contributed by atoms with E-state index in [4.69, 9.17) is 14.4 Å². The van der Waals surface area contributed by atoms with E-state index in [9.17, 15) is 0 Å². The number of furan rings is 1. The Balaban J connectivity index is 1.20. The molecule has 2 aromatic heterocycles. The molecule has 9 aromatic rings. The molecule has 0 aliphatic carbocycles. The summed E-state index contributed by atoms with van der Waals surface area (Å²) in [6.07, 6.45) is 0. The molecule has 236 valence electrons.